The summed E-state index contributed by atoms with van der Waals surface area (Å²) in [6.45, 7) is 2.36. The Bertz CT molecular complexity index is 991. The summed E-state index contributed by atoms with van der Waals surface area (Å²) in [4.78, 5) is 21.5. The lowest BCUT2D eigenvalue weighted by Gasteiger charge is -2.36. The van der Waals surface area contributed by atoms with E-state index in [-0.39, 0.29) is 6.04 Å². The molecule has 1 unspecified atom stereocenters. The predicted octanol–water partition coefficient (Wildman–Crippen LogP) is 3.50. The van der Waals surface area contributed by atoms with Crippen LogP contribution in [0.5, 0.6) is 0 Å². The van der Waals surface area contributed by atoms with Gasteiger partial charge in [-0.15, -0.1) is 0 Å². The van der Waals surface area contributed by atoms with Crippen molar-refractivity contribution in [2.75, 3.05) is 26.7 Å². The minimum absolute atomic E-state index is 0.219. The Kier molecular flexibility index (Phi) is 7.16. The van der Waals surface area contributed by atoms with Crippen LogP contribution in [-0.2, 0) is 21.6 Å². The number of carbonyl (C=O) groups is 1. The number of hydrogen-bond acceptors (Lipinski definition) is 5. The number of aliphatic hydroxyl groups is 1. The normalized spacial score (nSPS) is 20.5. The number of quaternary nitrogens is 1. The average Bonchev–Trinajstić information content (AvgIpc) is 3.23. The molecule has 0 bridgehead atoms. The van der Waals surface area contributed by atoms with Crippen LogP contribution < -0.4 is 0 Å². The molecule has 0 aliphatic carbocycles. The van der Waals surface area contributed by atoms with Crippen molar-refractivity contribution in [1.29, 1.82) is 0 Å². The smallest absolute Gasteiger partial charge is 0.347 e. The summed E-state index contributed by atoms with van der Waals surface area (Å²) in [6.07, 6.45) is 9.35. The van der Waals surface area contributed by atoms with Gasteiger partial charge in [0.15, 0.2) is 0 Å². The molecule has 4 rings (SSSR count). The number of esters is 1. The van der Waals surface area contributed by atoms with E-state index in [4.69, 9.17) is 4.74 Å². The summed E-state index contributed by atoms with van der Waals surface area (Å²) in [6, 6.07) is 18.3. The Balaban J connectivity index is 1.43. The Labute approximate surface area is 195 Å². The second-order valence-corrected chi connectivity index (χ2v) is 9.11. The zero-order valence-corrected chi connectivity index (χ0v) is 19.1. The molecule has 2 heterocycles. The summed E-state index contributed by atoms with van der Waals surface area (Å²) < 4.78 is 6.71. The molecule has 172 valence electrons. The molecule has 1 aliphatic heterocycles. The minimum Gasteiger partial charge on any atom is -0.457 e. The second kappa shape index (κ2) is 10.2. The molecular weight excluding hydrogens is 414 g/mol. The fourth-order valence-electron chi connectivity index (χ4n) is 4.88. The fraction of sp³-hybridized carbons (Fsp3) is 0.370. The molecule has 0 radical (unpaired) electrons. The number of likely N-dealkylation sites (tertiary alicyclic amines) is 1. The quantitative estimate of drug-likeness (QED) is 0.402. The standard InChI is InChI=1S/C27H32N3O3/c1-30(16-8-10-22-18-28-21-29-19-22)17-9-15-25(30)20-33-26(31)27(32,23-11-4-2-5-12-23)24-13-6-3-7-14-24/h2-7,11-14,18-19,21,25,32H,8-10,15-17,20H2,1H3/q+1/t25?,30-/m1/s1. The van der Waals surface area contributed by atoms with Gasteiger partial charge in [-0.2, -0.15) is 0 Å². The van der Waals surface area contributed by atoms with Crippen molar-refractivity contribution >= 4 is 5.97 Å². The number of aryl methyl sites for hydroxylation is 1. The molecule has 0 spiro atoms. The van der Waals surface area contributed by atoms with Gasteiger partial charge in [-0.1, -0.05) is 60.7 Å². The lowest BCUT2D eigenvalue weighted by Crippen LogP contribution is -2.51. The maximum atomic E-state index is 13.3. The molecule has 6 nitrogen and oxygen atoms in total. The van der Waals surface area contributed by atoms with Crippen molar-refractivity contribution in [1.82, 2.24) is 9.97 Å². The zero-order chi connectivity index (χ0) is 23.2. The largest absolute Gasteiger partial charge is 0.457 e. The van der Waals surface area contributed by atoms with Crippen LogP contribution in [-0.4, -0.2) is 58.3 Å². The number of benzene rings is 2. The number of ether oxygens (including phenoxy) is 1. The van der Waals surface area contributed by atoms with E-state index in [0.29, 0.717) is 17.7 Å². The van der Waals surface area contributed by atoms with Crippen LogP contribution in [0, 0.1) is 0 Å². The van der Waals surface area contributed by atoms with Gasteiger partial charge < -0.3 is 14.3 Å². The third kappa shape index (κ3) is 5.13. The third-order valence-electron chi connectivity index (χ3n) is 6.92. The summed E-state index contributed by atoms with van der Waals surface area (Å²) >= 11 is 0. The molecule has 1 N–H and O–H groups in total. The molecule has 0 saturated carbocycles. The van der Waals surface area contributed by atoms with Crippen molar-refractivity contribution < 1.29 is 19.1 Å². The summed E-state index contributed by atoms with van der Waals surface area (Å²) in [7, 11) is 2.24. The molecule has 1 aromatic heterocycles. The molecule has 2 aromatic carbocycles. The van der Waals surface area contributed by atoms with Crippen LogP contribution in [0.3, 0.4) is 0 Å². The number of nitrogens with zero attached hydrogens (tertiary/aromatic N) is 3. The van der Waals surface area contributed by atoms with Crippen LogP contribution in [0.4, 0.5) is 0 Å². The molecule has 3 aromatic rings. The third-order valence-corrected chi connectivity index (χ3v) is 6.92. The molecule has 6 heteroatoms. The van der Waals surface area contributed by atoms with E-state index in [2.05, 4.69) is 17.0 Å². The van der Waals surface area contributed by atoms with E-state index in [9.17, 15) is 9.90 Å². The first kappa shape index (κ1) is 23.1. The molecule has 2 atom stereocenters. The average molecular weight is 447 g/mol. The molecular formula is C27H32N3O3+. The second-order valence-electron chi connectivity index (χ2n) is 9.11. The van der Waals surface area contributed by atoms with Gasteiger partial charge in [0.2, 0.25) is 5.60 Å². The van der Waals surface area contributed by atoms with Crippen LogP contribution in [0.15, 0.2) is 79.4 Å². The highest BCUT2D eigenvalue weighted by Crippen LogP contribution is 2.32. The number of likely N-dealkylation sites (N-methyl/N-ethyl adjacent to an activating group) is 1. The van der Waals surface area contributed by atoms with E-state index in [1.54, 1.807) is 30.6 Å². The van der Waals surface area contributed by atoms with Gasteiger partial charge in [-0.05, 0) is 23.1 Å². The van der Waals surface area contributed by atoms with Gasteiger partial charge in [0.1, 0.15) is 19.0 Å². The van der Waals surface area contributed by atoms with Gasteiger partial charge in [-0.3, -0.25) is 0 Å². The number of rotatable bonds is 9. The van der Waals surface area contributed by atoms with Crippen molar-refractivity contribution in [2.45, 2.75) is 37.3 Å². The van der Waals surface area contributed by atoms with E-state index >= 15 is 0 Å². The maximum absolute atomic E-state index is 13.3. The molecule has 1 aliphatic rings. The Morgan fingerprint density at radius 3 is 2.27 bits per heavy atom. The van der Waals surface area contributed by atoms with Gasteiger partial charge in [0.25, 0.3) is 0 Å². The zero-order valence-electron chi connectivity index (χ0n) is 19.1. The topological polar surface area (TPSA) is 72.3 Å². The lowest BCUT2D eigenvalue weighted by atomic mass is 9.86. The van der Waals surface area contributed by atoms with Crippen LogP contribution in [0.2, 0.25) is 0 Å². The minimum atomic E-state index is -1.84. The number of aromatic nitrogens is 2. The Morgan fingerprint density at radius 2 is 1.67 bits per heavy atom. The van der Waals surface area contributed by atoms with E-state index in [1.165, 1.54) is 0 Å². The highest BCUT2D eigenvalue weighted by atomic mass is 16.6. The van der Waals surface area contributed by atoms with Gasteiger partial charge in [0, 0.05) is 31.7 Å². The molecule has 0 amide bonds. The number of hydrogen-bond donors (Lipinski definition) is 1. The highest BCUT2D eigenvalue weighted by Gasteiger charge is 2.44. The first-order valence-electron chi connectivity index (χ1n) is 11.6. The fourth-order valence-corrected chi connectivity index (χ4v) is 4.88. The summed E-state index contributed by atoms with van der Waals surface area (Å²) in [5.74, 6) is -0.625. The van der Waals surface area contributed by atoms with Crippen LogP contribution in [0.1, 0.15) is 36.0 Å². The maximum Gasteiger partial charge on any atom is 0.347 e. The summed E-state index contributed by atoms with van der Waals surface area (Å²) in [5, 5.41) is 11.6. The first-order valence-corrected chi connectivity index (χ1v) is 11.6. The van der Waals surface area contributed by atoms with Crippen molar-refractivity contribution in [2.24, 2.45) is 0 Å². The summed E-state index contributed by atoms with van der Waals surface area (Å²) in [5.41, 5.74) is 0.324. The van der Waals surface area contributed by atoms with Gasteiger partial charge in [-0.25, -0.2) is 14.8 Å². The first-order chi connectivity index (χ1) is 16.0. The molecule has 1 saturated heterocycles. The number of carbonyl (C=O) groups excluding carboxylic acids is 1. The van der Waals surface area contributed by atoms with Gasteiger partial charge in [0.05, 0.1) is 20.1 Å². The van der Waals surface area contributed by atoms with Crippen LogP contribution in [0.25, 0.3) is 0 Å². The monoisotopic (exact) mass is 446 g/mol. The Hall–Kier alpha value is -3.09. The SMILES string of the molecule is C[N@@+]1(CCCc2cncnc2)CCCC1COC(=O)C(O)(c1ccccc1)c1ccccc1. The van der Waals surface area contributed by atoms with Crippen LogP contribution >= 0.6 is 0 Å². The molecule has 33 heavy (non-hydrogen) atoms. The van der Waals surface area contributed by atoms with Gasteiger partial charge >= 0.3 is 5.97 Å². The lowest BCUT2D eigenvalue weighted by molar-refractivity contribution is -0.921. The molecule has 1 fully saturated rings. The van der Waals surface area contributed by atoms with E-state index < -0.39 is 11.6 Å². The van der Waals surface area contributed by atoms with Crippen molar-refractivity contribution in [3.05, 3.63) is 96.1 Å². The Morgan fingerprint density at radius 1 is 1.06 bits per heavy atom. The van der Waals surface area contributed by atoms with E-state index in [0.717, 1.165) is 48.8 Å². The highest BCUT2D eigenvalue weighted by molar-refractivity contribution is 5.85. The van der Waals surface area contributed by atoms with Crippen molar-refractivity contribution in [3.63, 3.8) is 0 Å². The van der Waals surface area contributed by atoms with Crippen molar-refractivity contribution in [3.8, 4) is 0 Å². The predicted molar refractivity (Wildman–Crippen MR) is 126 cm³/mol. The van der Waals surface area contributed by atoms with E-state index in [1.807, 2.05) is 48.8 Å².